The number of carbonyl (C=O) groups is 2. The molecule has 32 heavy (non-hydrogen) atoms. The van der Waals surface area contributed by atoms with Gasteiger partial charge in [0, 0.05) is 22.9 Å². The fourth-order valence-electron chi connectivity index (χ4n) is 4.20. The van der Waals surface area contributed by atoms with Gasteiger partial charge in [-0.25, -0.2) is 0 Å². The van der Waals surface area contributed by atoms with Gasteiger partial charge < -0.3 is 4.74 Å². The normalized spacial score (nSPS) is 18.3. The number of allylic oxidation sites excluding steroid dienone is 1. The Hall–Kier alpha value is -2.66. The number of hydrogen-bond donors (Lipinski definition) is 0. The third-order valence-electron chi connectivity index (χ3n) is 5.64. The number of nitrogens with zero attached hydrogens (tertiary/aromatic N) is 1. The summed E-state index contributed by atoms with van der Waals surface area (Å²) >= 11 is 1.32. The lowest BCUT2D eigenvalue weighted by Gasteiger charge is -2.32. The third kappa shape index (κ3) is 5.77. The van der Waals surface area contributed by atoms with Crippen LogP contribution in [0.4, 0.5) is 0 Å². The number of thioether (sulfide) groups is 1. The maximum atomic E-state index is 13.3. The van der Waals surface area contributed by atoms with Crippen LogP contribution in [0.1, 0.15) is 44.7 Å². The molecule has 0 aromatic heterocycles. The highest BCUT2D eigenvalue weighted by Crippen LogP contribution is 2.39. The van der Waals surface area contributed by atoms with Gasteiger partial charge in [0.1, 0.15) is 5.92 Å². The van der Waals surface area contributed by atoms with E-state index in [0.717, 1.165) is 24.8 Å². The van der Waals surface area contributed by atoms with E-state index >= 15 is 0 Å². The molecule has 0 saturated carbocycles. The first-order valence-corrected chi connectivity index (χ1v) is 12.3. The minimum Gasteiger partial charge on any atom is -0.465 e. The van der Waals surface area contributed by atoms with E-state index < -0.39 is 5.92 Å². The highest BCUT2D eigenvalue weighted by atomic mass is 32.2. The van der Waals surface area contributed by atoms with Crippen molar-refractivity contribution in [1.82, 2.24) is 0 Å². The Kier molecular flexibility index (Phi) is 8.86. The Balaban J connectivity index is 1.92. The number of aliphatic imine (C=N–C) groups is 1. The monoisotopic (exact) mass is 449 g/mol. The van der Waals surface area contributed by atoms with Crippen molar-refractivity contribution in [3.63, 3.8) is 0 Å². The van der Waals surface area contributed by atoms with Crippen LogP contribution in [0.3, 0.4) is 0 Å². The molecule has 4 nitrogen and oxygen atoms in total. The van der Waals surface area contributed by atoms with Crippen LogP contribution in [-0.2, 0) is 20.7 Å². The van der Waals surface area contributed by atoms with Gasteiger partial charge >= 0.3 is 5.97 Å². The molecular weight excluding hydrogens is 418 g/mol. The largest absolute Gasteiger partial charge is 0.465 e. The van der Waals surface area contributed by atoms with Crippen molar-refractivity contribution in [2.75, 3.05) is 12.4 Å². The zero-order chi connectivity index (χ0) is 22.9. The van der Waals surface area contributed by atoms with E-state index in [4.69, 9.17) is 9.73 Å². The van der Waals surface area contributed by atoms with Crippen LogP contribution in [0.5, 0.6) is 0 Å². The summed E-state index contributed by atoms with van der Waals surface area (Å²) in [6.45, 7) is 6.07. The van der Waals surface area contributed by atoms with Gasteiger partial charge in [-0.2, -0.15) is 0 Å². The van der Waals surface area contributed by atoms with Crippen molar-refractivity contribution in [3.8, 4) is 0 Å². The van der Waals surface area contributed by atoms with Crippen molar-refractivity contribution in [1.29, 1.82) is 0 Å². The van der Waals surface area contributed by atoms with E-state index in [9.17, 15) is 9.59 Å². The molecule has 3 rings (SSSR count). The Morgan fingerprint density at radius 1 is 1.00 bits per heavy atom. The van der Waals surface area contributed by atoms with E-state index in [2.05, 4.69) is 19.1 Å². The second-order valence-corrected chi connectivity index (χ2v) is 8.93. The van der Waals surface area contributed by atoms with Gasteiger partial charge in [-0.3, -0.25) is 14.6 Å². The van der Waals surface area contributed by atoms with Gasteiger partial charge in [0.05, 0.1) is 12.3 Å². The standard InChI is InChI=1S/C27H31NO3S/c1-4-12-22-23(27(30)32-18-17-20-13-8-6-9-14-20)19(3)28-25(21-15-10-7-11-16-21)24(22)26(29)31-5-2/h6-11,13-16,22,24H,4-5,12,17-18H2,1-3H3. The smallest absolute Gasteiger partial charge is 0.315 e. The molecule has 0 aliphatic carbocycles. The van der Waals surface area contributed by atoms with Gasteiger partial charge in [0.25, 0.3) is 0 Å². The van der Waals surface area contributed by atoms with Gasteiger partial charge in [0.2, 0.25) is 5.12 Å². The fraction of sp³-hybridized carbons (Fsp3) is 0.370. The van der Waals surface area contributed by atoms with Crippen LogP contribution < -0.4 is 0 Å². The van der Waals surface area contributed by atoms with Gasteiger partial charge in [0.15, 0.2) is 0 Å². The van der Waals surface area contributed by atoms with Crippen LogP contribution in [0, 0.1) is 11.8 Å². The maximum Gasteiger partial charge on any atom is 0.315 e. The number of carbonyl (C=O) groups excluding carboxylic acids is 2. The number of benzene rings is 2. The first-order valence-electron chi connectivity index (χ1n) is 11.3. The SMILES string of the molecule is CCCC1C(C(=O)SCCc2ccccc2)=C(C)N=C(c2ccccc2)C1C(=O)OCC. The molecule has 0 radical (unpaired) electrons. The molecule has 0 N–H and O–H groups in total. The summed E-state index contributed by atoms with van der Waals surface area (Å²) in [5, 5.41) is 0.0158. The Morgan fingerprint density at radius 3 is 2.28 bits per heavy atom. The molecule has 2 aromatic carbocycles. The van der Waals surface area contributed by atoms with E-state index in [-0.39, 0.29) is 17.0 Å². The Morgan fingerprint density at radius 2 is 1.66 bits per heavy atom. The van der Waals surface area contributed by atoms with E-state index in [1.54, 1.807) is 0 Å². The van der Waals surface area contributed by atoms with Crippen LogP contribution in [0.15, 0.2) is 76.9 Å². The number of aryl methyl sites for hydroxylation is 1. The van der Waals surface area contributed by atoms with Crippen LogP contribution in [-0.4, -0.2) is 29.2 Å². The summed E-state index contributed by atoms with van der Waals surface area (Å²) in [7, 11) is 0. The van der Waals surface area contributed by atoms with E-state index in [1.807, 2.05) is 62.4 Å². The third-order valence-corrected chi connectivity index (χ3v) is 6.53. The molecule has 0 bridgehead atoms. The first-order chi connectivity index (χ1) is 15.6. The van der Waals surface area contributed by atoms with Crippen LogP contribution in [0.25, 0.3) is 0 Å². The average Bonchev–Trinajstić information content (AvgIpc) is 2.80. The van der Waals surface area contributed by atoms with E-state index in [0.29, 0.717) is 29.3 Å². The molecule has 0 amide bonds. The number of esters is 1. The van der Waals surface area contributed by atoms with Crippen LogP contribution in [0.2, 0.25) is 0 Å². The lowest BCUT2D eigenvalue weighted by atomic mass is 9.75. The highest BCUT2D eigenvalue weighted by Gasteiger charge is 2.42. The summed E-state index contributed by atoms with van der Waals surface area (Å²) < 4.78 is 5.45. The van der Waals surface area contributed by atoms with Crippen molar-refractivity contribution >= 4 is 28.6 Å². The summed E-state index contributed by atoms with van der Waals surface area (Å²) in [5.74, 6) is -0.420. The molecule has 1 aliphatic rings. The fourth-order valence-corrected chi connectivity index (χ4v) is 5.18. The predicted octanol–water partition coefficient (Wildman–Crippen LogP) is 5.86. The highest BCUT2D eigenvalue weighted by molar-refractivity contribution is 8.14. The molecule has 2 unspecified atom stereocenters. The van der Waals surface area contributed by atoms with Gasteiger partial charge in [-0.1, -0.05) is 85.8 Å². The van der Waals surface area contributed by atoms with Gasteiger partial charge in [-0.15, -0.1) is 0 Å². The minimum atomic E-state index is -0.574. The average molecular weight is 450 g/mol. The number of hydrogen-bond acceptors (Lipinski definition) is 5. The zero-order valence-corrected chi connectivity index (χ0v) is 19.9. The topological polar surface area (TPSA) is 55.7 Å². The maximum absolute atomic E-state index is 13.3. The molecule has 5 heteroatoms. The molecule has 2 atom stereocenters. The van der Waals surface area contributed by atoms with Crippen LogP contribution >= 0.6 is 11.8 Å². The molecule has 0 saturated heterocycles. The minimum absolute atomic E-state index is 0.0158. The molecule has 0 spiro atoms. The van der Waals surface area contributed by atoms with Crippen molar-refractivity contribution in [3.05, 3.63) is 83.1 Å². The zero-order valence-electron chi connectivity index (χ0n) is 19.0. The lowest BCUT2D eigenvalue weighted by Crippen LogP contribution is -2.38. The molecule has 168 valence electrons. The Bertz CT molecular complexity index is 982. The molecule has 2 aromatic rings. The molecular formula is C27H31NO3S. The van der Waals surface area contributed by atoms with Gasteiger partial charge in [-0.05, 0) is 37.8 Å². The molecule has 1 aliphatic heterocycles. The number of ether oxygens (including phenoxy) is 1. The predicted molar refractivity (Wildman–Crippen MR) is 132 cm³/mol. The summed E-state index contributed by atoms with van der Waals surface area (Å²) in [4.78, 5) is 31.2. The summed E-state index contributed by atoms with van der Waals surface area (Å²) in [6, 6.07) is 19.9. The van der Waals surface area contributed by atoms with Crippen molar-refractivity contribution in [2.45, 2.75) is 40.0 Å². The Labute approximate surface area is 195 Å². The lowest BCUT2D eigenvalue weighted by molar-refractivity contribution is -0.146. The summed E-state index contributed by atoms with van der Waals surface area (Å²) in [5.41, 5.74) is 4.18. The summed E-state index contributed by atoms with van der Waals surface area (Å²) in [6.07, 6.45) is 2.41. The second kappa shape index (κ2) is 11.8. The molecule has 1 heterocycles. The number of rotatable bonds is 9. The second-order valence-electron chi connectivity index (χ2n) is 7.86. The van der Waals surface area contributed by atoms with E-state index in [1.165, 1.54) is 17.3 Å². The first kappa shape index (κ1) is 24.0. The quantitative estimate of drug-likeness (QED) is 0.450. The van der Waals surface area contributed by atoms with Crippen molar-refractivity contribution in [2.24, 2.45) is 16.8 Å². The molecule has 0 fully saturated rings. The van der Waals surface area contributed by atoms with Crippen molar-refractivity contribution < 1.29 is 14.3 Å².